The molecule has 3 N–H and O–H groups in total. The zero-order valence-electron chi connectivity index (χ0n) is 24.6. The number of halogens is 1. The number of nitrogens with one attached hydrogen (secondary N) is 1. The van der Waals surface area contributed by atoms with Crippen molar-refractivity contribution in [3.8, 4) is 0 Å². The van der Waals surface area contributed by atoms with Crippen LogP contribution in [-0.2, 0) is 19.0 Å². The second-order valence-electron chi connectivity index (χ2n) is 12.2. The van der Waals surface area contributed by atoms with Crippen LogP contribution in [0.4, 0.5) is 0 Å². The third-order valence-electron chi connectivity index (χ3n) is 8.76. The molecule has 218 valence electrons. The van der Waals surface area contributed by atoms with Crippen molar-refractivity contribution in [1.82, 2.24) is 10.2 Å². The minimum atomic E-state index is -1.20. The number of hydrogen-bond donors (Lipinski definition) is 3. The first-order valence-electron chi connectivity index (χ1n) is 14.1. The first-order valence-corrected chi connectivity index (χ1v) is 15.2. The lowest BCUT2D eigenvalue weighted by atomic mass is 9.73. The van der Waals surface area contributed by atoms with E-state index in [2.05, 4.69) is 37.9 Å². The van der Waals surface area contributed by atoms with Gasteiger partial charge in [0.25, 0.3) is 0 Å². The molecular formula is C28H53IN2O6. The second-order valence-corrected chi connectivity index (χ2v) is 14.4. The molecule has 2 heterocycles. The van der Waals surface area contributed by atoms with Crippen LogP contribution in [0.2, 0.25) is 0 Å². The highest BCUT2D eigenvalue weighted by Crippen LogP contribution is 2.47. The number of carbonyl (C=O) groups excluding carboxylic acids is 1. The number of rotatable bonds is 11. The molecule has 0 saturated carbocycles. The number of piperidine rings is 1. The van der Waals surface area contributed by atoms with Gasteiger partial charge in [0.15, 0.2) is 5.79 Å². The molecule has 0 unspecified atom stereocenters. The van der Waals surface area contributed by atoms with Gasteiger partial charge in [0.05, 0.1) is 24.2 Å². The van der Waals surface area contributed by atoms with Crippen LogP contribution in [0.5, 0.6) is 0 Å². The molecule has 0 amide bonds. The summed E-state index contributed by atoms with van der Waals surface area (Å²) in [4.78, 5) is 15.0. The zero-order valence-corrected chi connectivity index (χ0v) is 26.7. The molecule has 1 spiro atoms. The highest BCUT2D eigenvalue weighted by molar-refractivity contribution is 14.1. The fourth-order valence-electron chi connectivity index (χ4n) is 6.11. The standard InChI is InChI=1S/C28H53IN2O6/c1-10-15-35-25(33)20(4)23-19(3)21(5)26(7,37-28(36-23)11-13-30-14-12-28)16-18(2)17-31(9)22(6)24(32)27(8,29)34/h18-24,30,32,34H,10-17H2,1-9H3/t18-,19-,20-,21-,22-,23+,24-,26-,27+/m1/s1. The number of nitrogens with zero attached hydrogens (tertiary/aromatic N) is 1. The van der Waals surface area contributed by atoms with E-state index in [0.717, 1.165) is 45.3 Å². The van der Waals surface area contributed by atoms with Gasteiger partial charge in [0, 0.05) is 38.5 Å². The summed E-state index contributed by atoms with van der Waals surface area (Å²) in [6, 6.07) is -0.202. The van der Waals surface area contributed by atoms with E-state index >= 15 is 0 Å². The quantitative estimate of drug-likeness (QED) is 0.178. The molecule has 0 aromatic carbocycles. The molecule has 37 heavy (non-hydrogen) atoms. The largest absolute Gasteiger partial charge is 0.465 e. The Hall–Kier alpha value is -0.0400. The predicted molar refractivity (Wildman–Crippen MR) is 154 cm³/mol. The number of ether oxygens (including phenoxy) is 3. The number of aliphatic hydroxyl groups is 2. The van der Waals surface area contributed by atoms with Gasteiger partial charge in [-0.1, -0.05) is 27.7 Å². The average molecular weight is 641 g/mol. The van der Waals surface area contributed by atoms with Crippen molar-refractivity contribution in [2.24, 2.45) is 23.7 Å². The van der Waals surface area contributed by atoms with Gasteiger partial charge >= 0.3 is 5.97 Å². The first-order chi connectivity index (χ1) is 17.1. The zero-order chi connectivity index (χ0) is 28.2. The fourth-order valence-corrected chi connectivity index (χ4v) is 6.63. The van der Waals surface area contributed by atoms with Crippen molar-refractivity contribution in [1.29, 1.82) is 0 Å². The van der Waals surface area contributed by atoms with Crippen LogP contribution >= 0.6 is 22.6 Å². The van der Waals surface area contributed by atoms with E-state index in [1.807, 2.05) is 50.4 Å². The van der Waals surface area contributed by atoms with Crippen LogP contribution in [-0.4, -0.2) is 87.6 Å². The topological polar surface area (TPSA) is 100 Å². The Bertz CT molecular complexity index is 728. The van der Waals surface area contributed by atoms with E-state index in [1.54, 1.807) is 6.92 Å². The molecule has 0 aromatic rings. The summed E-state index contributed by atoms with van der Waals surface area (Å²) in [5.41, 5.74) is -0.463. The van der Waals surface area contributed by atoms with E-state index in [4.69, 9.17) is 14.2 Å². The number of likely N-dealkylation sites (N-methyl/N-ethyl adjacent to an activating group) is 1. The van der Waals surface area contributed by atoms with Crippen molar-refractivity contribution in [3.63, 3.8) is 0 Å². The Morgan fingerprint density at radius 1 is 1.27 bits per heavy atom. The average Bonchev–Trinajstić information content (AvgIpc) is 2.89. The third kappa shape index (κ3) is 8.47. The third-order valence-corrected chi connectivity index (χ3v) is 9.40. The Morgan fingerprint density at radius 2 is 1.86 bits per heavy atom. The molecule has 0 aromatic heterocycles. The van der Waals surface area contributed by atoms with Gasteiger partial charge in [0.1, 0.15) is 9.71 Å². The minimum absolute atomic E-state index is 0.0863. The Labute approximate surface area is 238 Å². The van der Waals surface area contributed by atoms with E-state index < -0.39 is 21.1 Å². The van der Waals surface area contributed by atoms with E-state index in [9.17, 15) is 15.0 Å². The molecule has 0 aliphatic carbocycles. The molecule has 2 aliphatic rings. The van der Waals surface area contributed by atoms with E-state index in [0.29, 0.717) is 6.61 Å². The first kappa shape index (κ1) is 33.2. The maximum Gasteiger partial charge on any atom is 0.311 e. The van der Waals surface area contributed by atoms with E-state index in [1.165, 1.54) is 0 Å². The summed E-state index contributed by atoms with van der Waals surface area (Å²) in [6.45, 7) is 19.1. The summed E-state index contributed by atoms with van der Waals surface area (Å²) < 4.78 is 18.2. The molecule has 0 bridgehead atoms. The summed E-state index contributed by atoms with van der Waals surface area (Å²) in [7, 11) is 1.99. The molecule has 9 atom stereocenters. The smallest absolute Gasteiger partial charge is 0.311 e. The summed E-state index contributed by atoms with van der Waals surface area (Å²) in [5.74, 6) is -0.832. The number of hydrogen-bond acceptors (Lipinski definition) is 8. The lowest BCUT2D eigenvalue weighted by Crippen LogP contribution is -2.53. The molecule has 0 radical (unpaired) electrons. The summed E-state index contributed by atoms with van der Waals surface area (Å²) in [5, 5.41) is 24.3. The van der Waals surface area contributed by atoms with Crippen LogP contribution in [0, 0.1) is 23.7 Å². The molecule has 2 fully saturated rings. The van der Waals surface area contributed by atoms with Gasteiger partial charge in [0.2, 0.25) is 0 Å². The van der Waals surface area contributed by atoms with Crippen LogP contribution in [0.3, 0.4) is 0 Å². The van der Waals surface area contributed by atoms with Crippen molar-refractivity contribution >= 4 is 28.6 Å². The Morgan fingerprint density at radius 3 is 2.41 bits per heavy atom. The maximum atomic E-state index is 12.9. The van der Waals surface area contributed by atoms with Crippen molar-refractivity contribution < 1.29 is 29.2 Å². The van der Waals surface area contributed by atoms with Gasteiger partial charge in [-0.05, 0) is 87.9 Å². The van der Waals surface area contributed by atoms with Crippen molar-refractivity contribution in [2.75, 3.05) is 33.3 Å². The molecular weight excluding hydrogens is 587 g/mol. The molecule has 9 heteroatoms. The second kappa shape index (κ2) is 13.5. The van der Waals surface area contributed by atoms with Gasteiger partial charge in [-0.2, -0.15) is 0 Å². The molecule has 2 saturated heterocycles. The Kier molecular flexibility index (Phi) is 12.1. The van der Waals surface area contributed by atoms with Crippen molar-refractivity contribution in [2.45, 2.75) is 114 Å². The summed E-state index contributed by atoms with van der Waals surface area (Å²) >= 11 is 1.89. The lowest BCUT2D eigenvalue weighted by molar-refractivity contribution is -0.306. The monoisotopic (exact) mass is 640 g/mol. The minimum Gasteiger partial charge on any atom is -0.465 e. The van der Waals surface area contributed by atoms with Gasteiger partial charge in [-0.15, -0.1) is 0 Å². The number of aliphatic hydroxyl groups excluding tert-OH is 1. The van der Waals surface area contributed by atoms with Crippen LogP contribution in [0.25, 0.3) is 0 Å². The number of alkyl halides is 1. The molecule has 2 aliphatic heterocycles. The molecule has 2 rings (SSSR count). The highest BCUT2D eigenvalue weighted by atomic mass is 127. The van der Waals surface area contributed by atoms with Crippen molar-refractivity contribution in [3.05, 3.63) is 0 Å². The van der Waals surface area contributed by atoms with Crippen LogP contribution in [0.1, 0.15) is 81.1 Å². The normalized spacial score (nSPS) is 33.3. The van der Waals surface area contributed by atoms with Gasteiger partial charge in [-0.3, -0.25) is 4.79 Å². The Balaban J connectivity index is 2.26. The van der Waals surface area contributed by atoms with Gasteiger partial charge in [-0.25, -0.2) is 0 Å². The molecule has 8 nitrogen and oxygen atoms in total. The summed E-state index contributed by atoms with van der Waals surface area (Å²) in [6.07, 6.45) is 1.92. The maximum absolute atomic E-state index is 12.9. The van der Waals surface area contributed by atoms with Gasteiger partial charge < -0.3 is 34.6 Å². The number of esters is 1. The van der Waals surface area contributed by atoms with E-state index in [-0.39, 0.29) is 41.8 Å². The van der Waals surface area contributed by atoms with Crippen LogP contribution < -0.4 is 5.32 Å². The predicted octanol–water partition coefficient (Wildman–Crippen LogP) is 3.95. The van der Waals surface area contributed by atoms with Crippen LogP contribution in [0.15, 0.2) is 0 Å². The highest BCUT2D eigenvalue weighted by Gasteiger charge is 2.53. The SMILES string of the molecule is CCCOC(=O)[C@H](C)[C@H]1OC2(CCNCC2)O[C@](C)(C[C@@H](C)CN(C)[C@H](C)[C@@H](O)[C@](C)(O)I)[C@H](C)[C@H]1C. The fraction of sp³-hybridized carbons (Fsp3) is 0.964. The number of carbonyl (C=O) groups is 1. The lowest BCUT2D eigenvalue weighted by Gasteiger charge is -2.46.